The minimum atomic E-state index is -3.84. The van der Waals surface area contributed by atoms with Gasteiger partial charge in [0.2, 0.25) is 15.8 Å². The first-order chi connectivity index (χ1) is 15.0. The quantitative estimate of drug-likeness (QED) is 0.475. The first-order valence-corrected chi connectivity index (χ1v) is 11.6. The molecule has 1 saturated heterocycles. The Morgan fingerprint density at radius 1 is 1.19 bits per heavy atom. The van der Waals surface area contributed by atoms with E-state index >= 15 is 0 Å². The topological polar surface area (TPSA) is 123 Å². The number of aromatic amines is 1. The molecule has 2 aromatic rings. The predicted molar refractivity (Wildman–Crippen MR) is 116 cm³/mol. The fourth-order valence-electron chi connectivity index (χ4n) is 3.60. The maximum absolute atomic E-state index is 12.8. The minimum Gasteiger partial charge on any atom is -0.454 e. The van der Waals surface area contributed by atoms with Crippen LogP contribution in [0.5, 0.6) is 0 Å². The summed E-state index contributed by atoms with van der Waals surface area (Å²) in [6, 6.07) is 3.74. The van der Waals surface area contributed by atoms with Gasteiger partial charge in [-0.25, -0.2) is 13.2 Å². The highest BCUT2D eigenvalue weighted by atomic mass is 35.5. The summed E-state index contributed by atoms with van der Waals surface area (Å²) in [7, 11) is -3.84. The molecule has 32 heavy (non-hydrogen) atoms. The van der Waals surface area contributed by atoms with Crippen molar-refractivity contribution in [2.75, 3.05) is 32.9 Å². The lowest BCUT2D eigenvalue weighted by molar-refractivity contribution is 0.0473. The lowest BCUT2D eigenvalue weighted by Gasteiger charge is -2.26. The van der Waals surface area contributed by atoms with Gasteiger partial charge in [0, 0.05) is 24.3 Å². The number of H-pyrrole nitrogens is 1. The highest BCUT2D eigenvalue weighted by molar-refractivity contribution is 7.89. The zero-order valence-electron chi connectivity index (χ0n) is 17.9. The standard InChI is InChI=1S/C21H23ClN2O7S/c1-12-19(14(3)25)13(2)23-20(12)18(26)11-31-21(27)16-10-15(4-5-17(16)22)32(28,29)24-6-8-30-9-7-24/h4-5,10,23H,6-9,11H2,1-3H3. The monoisotopic (exact) mass is 482 g/mol. The molecule has 11 heteroatoms. The number of aromatic nitrogens is 1. The van der Waals surface area contributed by atoms with Crippen LogP contribution in [0.25, 0.3) is 0 Å². The number of ketones is 2. The van der Waals surface area contributed by atoms with Crippen molar-refractivity contribution in [2.45, 2.75) is 25.7 Å². The summed E-state index contributed by atoms with van der Waals surface area (Å²) in [5, 5.41) is -0.00542. The highest BCUT2D eigenvalue weighted by Gasteiger charge is 2.28. The second kappa shape index (κ2) is 9.53. The molecular formula is C21H23ClN2O7S. The molecule has 0 radical (unpaired) electrons. The SMILES string of the molecule is CC(=O)c1c(C)[nH]c(C(=O)COC(=O)c2cc(S(=O)(=O)N3CCOCC3)ccc2Cl)c1C. The van der Waals surface area contributed by atoms with Gasteiger partial charge < -0.3 is 14.5 Å². The van der Waals surface area contributed by atoms with Crippen molar-refractivity contribution in [3.63, 3.8) is 0 Å². The van der Waals surface area contributed by atoms with Crippen molar-refractivity contribution in [3.05, 3.63) is 51.3 Å². The summed E-state index contributed by atoms with van der Waals surface area (Å²) < 4.78 is 37.2. The summed E-state index contributed by atoms with van der Waals surface area (Å²) in [6.45, 7) is 5.08. The first kappa shape index (κ1) is 24.1. The maximum Gasteiger partial charge on any atom is 0.340 e. The molecule has 3 rings (SSSR count). The van der Waals surface area contributed by atoms with E-state index in [1.165, 1.54) is 23.4 Å². The number of nitrogens with one attached hydrogen (secondary N) is 1. The second-order valence-corrected chi connectivity index (χ2v) is 9.68. The zero-order valence-corrected chi connectivity index (χ0v) is 19.4. The van der Waals surface area contributed by atoms with E-state index in [1.54, 1.807) is 13.8 Å². The number of rotatable bonds is 7. The number of esters is 1. The number of ether oxygens (including phenoxy) is 2. The van der Waals surface area contributed by atoms with Crippen molar-refractivity contribution in [3.8, 4) is 0 Å². The average Bonchev–Trinajstić information content (AvgIpc) is 3.06. The largest absolute Gasteiger partial charge is 0.454 e. The summed E-state index contributed by atoms with van der Waals surface area (Å²) in [5.41, 5.74) is 1.46. The van der Waals surface area contributed by atoms with E-state index in [4.69, 9.17) is 21.1 Å². The predicted octanol–water partition coefficient (Wildman–Crippen LogP) is 2.55. The lowest BCUT2D eigenvalue weighted by Crippen LogP contribution is -2.40. The van der Waals surface area contributed by atoms with Gasteiger partial charge in [-0.2, -0.15) is 4.31 Å². The van der Waals surface area contributed by atoms with Gasteiger partial charge in [0.1, 0.15) is 0 Å². The molecule has 9 nitrogen and oxygen atoms in total. The van der Waals surface area contributed by atoms with E-state index in [0.29, 0.717) is 16.8 Å². The Balaban J connectivity index is 1.77. The van der Waals surface area contributed by atoms with E-state index in [1.807, 2.05) is 0 Å². The van der Waals surface area contributed by atoms with Crippen LogP contribution in [0.2, 0.25) is 5.02 Å². The molecule has 172 valence electrons. The number of nitrogens with zero attached hydrogens (tertiary/aromatic N) is 1. The van der Waals surface area contributed by atoms with Gasteiger partial charge in [0.25, 0.3) is 0 Å². The number of carbonyl (C=O) groups excluding carboxylic acids is 3. The Labute approximate surface area is 190 Å². The maximum atomic E-state index is 12.8. The van der Waals surface area contributed by atoms with Gasteiger partial charge in [-0.1, -0.05) is 11.6 Å². The van der Waals surface area contributed by atoms with Gasteiger partial charge in [-0.15, -0.1) is 0 Å². The summed E-state index contributed by atoms with van der Waals surface area (Å²) >= 11 is 6.09. The summed E-state index contributed by atoms with van der Waals surface area (Å²) in [4.78, 5) is 39.6. The molecule has 1 aromatic carbocycles. The molecule has 0 unspecified atom stereocenters. The van der Waals surface area contributed by atoms with Gasteiger partial charge in [-0.05, 0) is 44.5 Å². The van der Waals surface area contributed by atoms with Crippen molar-refractivity contribution in [2.24, 2.45) is 0 Å². The van der Waals surface area contributed by atoms with Crippen molar-refractivity contribution in [1.29, 1.82) is 0 Å². The third kappa shape index (κ3) is 4.78. The lowest BCUT2D eigenvalue weighted by atomic mass is 10.1. The van der Waals surface area contributed by atoms with Crippen LogP contribution in [-0.2, 0) is 19.5 Å². The number of aryl methyl sites for hydroxylation is 1. The van der Waals surface area contributed by atoms with Crippen LogP contribution in [-0.4, -0.2) is 68.2 Å². The molecule has 0 spiro atoms. The Morgan fingerprint density at radius 3 is 2.44 bits per heavy atom. The number of sulfonamides is 1. The molecule has 1 N–H and O–H groups in total. The Hall–Kier alpha value is -2.53. The smallest absolute Gasteiger partial charge is 0.340 e. The van der Waals surface area contributed by atoms with Gasteiger partial charge >= 0.3 is 5.97 Å². The van der Waals surface area contributed by atoms with Gasteiger partial charge in [-0.3, -0.25) is 9.59 Å². The van der Waals surface area contributed by atoms with Crippen molar-refractivity contribution >= 4 is 39.2 Å². The number of benzene rings is 1. The van der Waals surface area contributed by atoms with E-state index in [-0.39, 0.29) is 53.3 Å². The van der Waals surface area contributed by atoms with E-state index in [0.717, 1.165) is 6.07 Å². The number of halogens is 1. The number of morpholine rings is 1. The van der Waals surface area contributed by atoms with Gasteiger partial charge in [0.15, 0.2) is 12.4 Å². The first-order valence-electron chi connectivity index (χ1n) is 9.82. The fraction of sp³-hybridized carbons (Fsp3) is 0.381. The van der Waals surface area contributed by atoms with E-state index in [2.05, 4.69) is 4.98 Å². The van der Waals surface area contributed by atoms with Crippen LogP contribution in [0.15, 0.2) is 23.1 Å². The van der Waals surface area contributed by atoms with E-state index < -0.39 is 28.4 Å². The van der Waals surface area contributed by atoms with Crippen LogP contribution in [0, 0.1) is 13.8 Å². The molecule has 0 atom stereocenters. The van der Waals surface area contributed by atoms with Crippen LogP contribution < -0.4 is 0 Å². The molecule has 1 aliphatic rings. The second-order valence-electron chi connectivity index (χ2n) is 7.34. The molecule has 2 heterocycles. The third-order valence-electron chi connectivity index (χ3n) is 5.17. The zero-order chi connectivity index (χ0) is 23.6. The molecule has 0 aliphatic carbocycles. The van der Waals surface area contributed by atoms with Crippen LogP contribution in [0.3, 0.4) is 0 Å². The summed E-state index contributed by atoms with van der Waals surface area (Å²) in [6.07, 6.45) is 0. The van der Waals surface area contributed by atoms with Crippen molar-refractivity contribution in [1.82, 2.24) is 9.29 Å². The number of Topliss-reactive ketones (excluding diaryl/α,β-unsaturated/α-hetero) is 2. The van der Waals surface area contributed by atoms with Crippen LogP contribution in [0.1, 0.15) is 49.4 Å². The number of carbonyl (C=O) groups is 3. The molecule has 1 aliphatic heterocycles. The van der Waals surface area contributed by atoms with Crippen LogP contribution >= 0.6 is 11.6 Å². The highest BCUT2D eigenvalue weighted by Crippen LogP contribution is 2.25. The van der Waals surface area contributed by atoms with Crippen molar-refractivity contribution < 1.29 is 32.3 Å². The average molecular weight is 483 g/mol. The Kier molecular flexibility index (Phi) is 7.19. The van der Waals surface area contributed by atoms with Crippen LogP contribution in [0.4, 0.5) is 0 Å². The number of hydrogen-bond donors (Lipinski definition) is 1. The van der Waals surface area contributed by atoms with Gasteiger partial charge in [0.05, 0.1) is 34.4 Å². The molecule has 0 amide bonds. The normalized spacial score (nSPS) is 14.9. The summed E-state index contributed by atoms with van der Waals surface area (Å²) in [5.74, 6) is -1.65. The third-order valence-corrected chi connectivity index (χ3v) is 7.39. The Morgan fingerprint density at radius 2 is 1.84 bits per heavy atom. The number of hydrogen-bond acceptors (Lipinski definition) is 7. The minimum absolute atomic E-state index is 0.00542. The molecule has 1 aromatic heterocycles. The molecular weight excluding hydrogens is 460 g/mol. The molecule has 0 saturated carbocycles. The Bertz CT molecular complexity index is 1180. The van der Waals surface area contributed by atoms with E-state index in [9.17, 15) is 22.8 Å². The molecule has 1 fully saturated rings. The fourth-order valence-corrected chi connectivity index (χ4v) is 5.22. The molecule has 0 bridgehead atoms.